The summed E-state index contributed by atoms with van der Waals surface area (Å²) in [7, 11) is 2.07. The number of fused-ring (bicyclic) bond motifs is 6. The minimum Gasteiger partial charge on any atom is -0.307 e. The Bertz CT molecular complexity index is 1740. The molecule has 0 N–H and O–H groups in total. The van der Waals surface area contributed by atoms with E-state index in [-0.39, 0.29) is 0 Å². The van der Waals surface area contributed by atoms with Crippen LogP contribution in [-0.2, 0) is 7.05 Å². The molecule has 0 aliphatic heterocycles. The molecule has 6 aromatic rings. The zero-order valence-electron chi connectivity index (χ0n) is 17.9. The Balaban J connectivity index is 2.18. The average Bonchev–Trinajstić information content (AvgIpc) is 3.07. The van der Waals surface area contributed by atoms with E-state index in [1.54, 1.807) is 0 Å². The highest BCUT2D eigenvalue weighted by Crippen LogP contribution is 2.43. The minimum absolute atomic E-state index is 0.720. The molecule has 3 heterocycles. The summed E-state index contributed by atoms with van der Waals surface area (Å²) in [5.41, 5.74) is 10.8. The predicted molar refractivity (Wildman–Crippen MR) is 123 cm³/mol. The molecule has 0 fully saturated rings. The van der Waals surface area contributed by atoms with Crippen molar-refractivity contribution >= 4 is 49.0 Å². The van der Waals surface area contributed by atoms with Crippen LogP contribution in [0.5, 0.6) is 0 Å². The second kappa shape index (κ2) is 5.49. The Labute approximate surface area is 174 Å². The van der Waals surface area contributed by atoms with E-state index in [9.17, 15) is 5.26 Å². The zero-order chi connectivity index (χ0) is 20.9. The monoisotopic (exact) mass is 388 g/mol. The Morgan fingerprint density at radius 2 is 1.53 bits per heavy atom. The summed E-state index contributed by atoms with van der Waals surface area (Å²) in [6.45, 7) is 8.83. The molecule has 3 heteroatoms. The van der Waals surface area contributed by atoms with Gasteiger partial charge < -0.3 is 4.40 Å². The van der Waals surface area contributed by atoms with Gasteiger partial charge in [0.25, 0.3) is 0 Å². The fourth-order valence-corrected chi connectivity index (χ4v) is 5.56. The molecule has 3 nitrogen and oxygen atoms in total. The van der Waals surface area contributed by atoms with Crippen molar-refractivity contribution in [3.8, 4) is 6.07 Å². The highest BCUT2D eigenvalue weighted by Gasteiger charge is 2.27. The van der Waals surface area contributed by atoms with Crippen molar-refractivity contribution in [2.45, 2.75) is 27.7 Å². The van der Waals surface area contributed by atoms with Crippen molar-refractivity contribution in [2.75, 3.05) is 0 Å². The lowest BCUT2D eigenvalue weighted by Crippen LogP contribution is -2.30. The zero-order valence-corrected chi connectivity index (χ0v) is 17.9. The van der Waals surface area contributed by atoms with Gasteiger partial charge in [0, 0.05) is 16.2 Å². The van der Waals surface area contributed by atoms with Crippen molar-refractivity contribution < 1.29 is 4.57 Å². The van der Waals surface area contributed by atoms with E-state index in [2.05, 4.69) is 86.2 Å². The van der Waals surface area contributed by atoms with Crippen molar-refractivity contribution in [3.63, 3.8) is 0 Å². The van der Waals surface area contributed by atoms with Crippen LogP contribution in [0, 0.1) is 39.0 Å². The lowest BCUT2D eigenvalue weighted by molar-refractivity contribution is -0.644. The molecular weight excluding hydrogens is 366 g/mol. The van der Waals surface area contributed by atoms with Crippen LogP contribution in [-0.4, -0.2) is 4.40 Å². The molecule has 3 aromatic carbocycles. The molecule has 0 saturated carbocycles. The van der Waals surface area contributed by atoms with E-state index in [1.807, 2.05) is 6.20 Å². The Hall–Kier alpha value is -3.64. The van der Waals surface area contributed by atoms with Crippen LogP contribution in [0.1, 0.15) is 27.8 Å². The summed E-state index contributed by atoms with van der Waals surface area (Å²) in [6.07, 6.45) is 1.98. The van der Waals surface area contributed by atoms with E-state index in [0.717, 1.165) is 10.9 Å². The Morgan fingerprint density at radius 3 is 2.30 bits per heavy atom. The second-order valence-corrected chi connectivity index (χ2v) is 8.66. The molecule has 0 atom stereocenters. The molecule has 0 aliphatic rings. The number of pyridine rings is 2. The fraction of sp³-hybridized carbons (Fsp3) is 0.185. The topological polar surface area (TPSA) is 32.1 Å². The van der Waals surface area contributed by atoms with E-state index in [4.69, 9.17) is 0 Å². The summed E-state index contributed by atoms with van der Waals surface area (Å²) in [5, 5.41) is 15.9. The third-order valence-corrected chi connectivity index (χ3v) is 6.95. The number of hydrogen-bond acceptors (Lipinski definition) is 1. The number of aryl methyl sites for hydroxylation is 5. The van der Waals surface area contributed by atoms with Gasteiger partial charge >= 0.3 is 0 Å². The van der Waals surface area contributed by atoms with E-state index < -0.39 is 0 Å². The Kier molecular flexibility index (Phi) is 3.15. The lowest BCUT2D eigenvalue weighted by atomic mass is 9.94. The molecule has 0 aliphatic carbocycles. The number of nitrogens with zero attached hydrogens (tertiary/aromatic N) is 3. The quantitative estimate of drug-likeness (QED) is 0.181. The van der Waals surface area contributed by atoms with Crippen LogP contribution < -0.4 is 4.57 Å². The van der Waals surface area contributed by atoms with Crippen molar-refractivity contribution in [1.82, 2.24) is 4.40 Å². The third kappa shape index (κ3) is 1.82. The molecule has 0 unspecified atom stereocenters. The lowest BCUT2D eigenvalue weighted by Gasteiger charge is -2.16. The highest BCUT2D eigenvalue weighted by molar-refractivity contribution is 6.28. The number of benzene rings is 3. The summed E-state index contributed by atoms with van der Waals surface area (Å²) in [5.74, 6) is 0. The van der Waals surface area contributed by atoms with Gasteiger partial charge in [-0.2, -0.15) is 9.83 Å². The molecule has 3 aromatic heterocycles. The van der Waals surface area contributed by atoms with Gasteiger partial charge in [0.2, 0.25) is 5.52 Å². The molecule has 0 radical (unpaired) electrons. The van der Waals surface area contributed by atoms with Crippen LogP contribution in [0.15, 0.2) is 42.6 Å². The normalized spacial score (nSPS) is 12.1. The first-order valence-electron chi connectivity index (χ1n) is 10.3. The van der Waals surface area contributed by atoms with Gasteiger partial charge in [-0.05, 0) is 49.9 Å². The van der Waals surface area contributed by atoms with Gasteiger partial charge in [-0.25, -0.2) is 0 Å². The summed E-state index contributed by atoms with van der Waals surface area (Å²) in [6, 6.07) is 15.6. The van der Waals surface area contributed by atoms with Gasteiger partial charge in [0.05, 0.1) is 27.3 Å². The van der Waals surface area contributed by atoms with Gasteiger partial charge in [-0.3, -0.25) is 0 Å². The van der Waals surface area contributed by atoms with Crippen LogP contribution in [0.4, 0.5) is 0 Å². The fourth-order valence-electron chi connectivity index (χ4n) is 5.56. The first-order valence-corrected chi connectivity index (χ1v) is 10.3. The molecular formula is C27H22N3+. The predicted octanol–water partition coefficient (Wildman–Crippen LogP) is 5.92. The maximum Gasteiger partial charge on any atom is 0.224 e. The molecule has 0 spiro atoms. The first kappa shape index (κ1) is 17.2. The molecule has 30 heavy (non-hydrogen) atoms. The number of para-hydroxylation sites is 1. The summed E-state index contributed by atoms with van der Waals surface area (Å²) >= 11 is 0. The SMILES string of the molecule is Cc1cc(C)c2c(c1C)c1c3c(ccc4c5cccc(C)c5n2c43)c(C#N)c[n+]1C. The van der Waals surface area contributed by atoms with Gasteiger partial charge in [-0.15, -0.1) is 0 Å². The first-order chi connectivity index (χ1) is 14.4. The van der Waals surface area contributed by atoms with Gasteiger partial charge in [0.15, 0.2) is 6.20 Å². The summed E-state index contributed by atoms with van der Waals surface area (Å²) in [4.78, 5) is 0. The second-order valence-electron chi connectivity index (χ2n) is 8.66. The smallest absolute Gasteiger partial charge is 0.224 e. The molecule has 6 rings (SSSR count). The van der Waals surface area contributed by atoms with Crippen molar-refractivity contribution in [3.05, 3.63) is 70.4 Å². The van der Waals surface area contributed by atoms with E-state index in [1.165, 1.54) is 65.9 Å². The van der Waals surface area contributed by atoms with Crippen LogP contribution >= 0.6 is 0 Å². The van der Waals surface area contributed by atoms with E-state index >= 15 is 0 Å². The third-order valence-electron chi connectivity index (χ3n) is 6.95. The van der Waals surface area contributed by atoms with Crippen LogP contribution in [0.2, 0.25) is 0 Å². The highest BCUT2D eigenvalue weighted by atomic mass is 15.0. The number of rotatable bonds is 0. The molecule has 0 amide bonds. The maximum absolute atomic E-state index is 9.86. The number of nitriles is 1. The standard InChI is InChI=1S/C27H22N3/c1-14-7-6-8-20-21-10-9-19-18(12-28)13-29(5)27-22-17(4)15(2)11-16(3)25(22)30(24(14)20)26(21)23(19)27/h6-11,13H,1-5H3/q+1. The average molecular weight is 388 g/mol. The largest absolute Gasteiger partial charge is 0.307 e. The maximum atomic E-state index is 9.86. The molecule has 144 valence electrons. The Morgan fingerprint density at radius 1 is 0.800 bits per heavy atom. The number of hydrogen-bond donors (Lipinski definition) is 0. The van der Waals surface area contributed by atoms with Gasteiger partial charge in [0.1, 0.15) is 18.7 Å². The van der Waals surface area contributed by atoms with Crippen molar-refractivity contribution in [1.29, 1.82) is 5.26 Å². The van der Waals surface area contributed by atoms with E-state index in [0.29, 0.717) is 0 Å². The molecule has 0 saturated heterocycles. The summed E-state index contributed by atoms with van der Waals surface area (Å²) < 4.78 is 4.62. The number of aromatic nitrogens is 2. The van der Waals surface area contributed by atoms with Gasteiger partial charge in [-0.1, -0.05) is 36.4 Å². The minimum atomic E-state index is 0.720. The van der Waals surface area contributed by atoms with Crippen LogP contribution in [0.25, 0.3) is 49.0 Å². The van der Waals surface area contributed by atoms with Crippen LogP contribution in [0.3, 0.4) is 0 Å². The molecule has 0 bridgehead atoms. The van der Waals surface area contributed by atoms with Crippen molar-refractivity contribution in [2.24, 2.45) is 7.05 Å².